The smallest absolute Gasteiger partial charge is 0.290 e. The molecule has 0 saturated carbocycles. The average Bonchev–Trinajstić information content (AvgIpc) is 2.04. The summed E-state index contributed by atoms with van der Waals surface area (Å²) in [6.07, 6.45) is -4.93. The Hall–Kier alpha value is -0.323. The number of halogens is 3. The predicted molar refractivity (Wildman–Crippen MR) is 48.6 cm³/mol. The fraction of sp³-hybridized carbons (Fsp3) is 0.875. The van der Waals surface area contributed by atoms with Crippen molar-refractivity contribution >= 4 is 14.6 Å². The van der Waals surface area contributed by atoms with Crippen LogP contribution in [-0.4, -0.2) is 20.8 Å². The SMILES string of the molecule is CC[SiH](CC)CCC(=O)C(F)(F)F. The Morgan fingerprint density at radius 3 is 2.00 bits per heavy atom. The fourth-order valence-corrected chi connectivity index (χ4v) is 3.24. The van der Waals surface area contributed by atoms with Crippen molar-refractivity contribution in [2.75, 3.05) is 0 Å². The van der Waals surface area contributed by atoms with Crippen LogP contribution in [0.3, 0.4) is 0 Å². The molecule has 78 valence electrons. The predicted octanol–water partition coefficient (Wildman–Crippen LogP) is 2.77. The number of carbonyl (C=O) groups is 1. The lowest BCUT2D eigenvalue weighted by molar-refractivity contribution is -0.170. The summed E-state index contributed by atoms with van der Waals surface area (Å²) in [6.45, 7) is 3.97. The summed E-state index contributed by atoms with van der Waals surface area (Å²) in [4.78, 5) is 10.5. The molecule has 0 aliphatic carbocycles. The van der Waals surface area contributed by atoms with E-state index in [2.05, 4.69) is 0 Å². The van der Waals surface area contributed by atoms with Crippen LogP contribution in [0.5, 0.6) is 0 Å². The summed E-state index contributed by atoms with van der Waals surface area (Å²) in [5, 5.41) is 0. The third-order valence-electron chi connectivity index (χ3n) is 2.25. The molecule has 13 heavy (non-hydrogen) atoms. The standard InChI is InChI=1S/C8H15F3OSi/c1-3-13(4-2)6-5-7(12)8(9,10)11/h13H,3-6H2,1-2H3. The van der Waals surface area contributed by atoms with Crippen molar-refractivity contribution in [1.29, 1.82) is 0 Å². The maximum atomic E-state index is 11.8. The zero-order valence-corrected chi connectivity index (χ0v) is 9.10. The zero-order chi connectivity index (χ0) is 10.5. The van der Waals surface area contributed by atoms with Crippen molar-refractivity contribution in [3.63, 3.8) is 0 Å². The Bertz CT molecular complexity index is 163. The Morgan fingerprint density at radius 1 is 1.23 bits per heavy atom. The minimum Gasteiger partial charge on any atom is -0.290 e. The van der Waals surface area contributed by atoms with E-state index in [1.54, 1.807) is 0 Å². The molecule has 0 amide bonds. The van der Waals surface area contributed by atoms with Gasteiger partial charge in [0.15, 0.2) is 0 Å². The van der Waals surface area contributed by atoms with Crippen molar-refractivity contribution in [3.8, 4) is 0 Å². The molecule has 0 rings (SSSR count). The molecule has 0 atom stereocenters. The number of carbonyl (C=O) groups excluding carboxylic acids is 1. The largest absolute Gasteiger partial charge is 0.449 e. The van der Waals surface area contributed by atoms with Gasteiger partial charge in [0.05, 0.1) is 0 Å². The van der Waals surface area contributed by atoms with E-state index in [9.17, 15) is 18.0 Å². The van der Waals surface area contributed by atoms with Gasteiger partial charge >= 0.3 is 6.18 Å². The Kier molecular flexibility index (Phi) is 5.28. The van der Waals surface area contributed by atoms with Crippen molar-refractivity contribution in [3.05, 3.63) is 0 Å². The molecule has 0 aromatic rings. The average molecular weight is 212 g/mol. The van der Waals surface area contributed by atoms with Crippen molar-refractivity contribution in [1.82, 2.24) is 0 Å². The molecule has 0 aromatic carbocycles. The van der Waals surface area contributed by atoms with Gasteiger partial charge in [0, 0.05) is 15.2 Å². The van der Waals surface area contributed by atoms with E-state index >= 15 is 0 Å². The van der Waals surface area contributed by atoms with Crippen LogP contribution in [0.2, 0.25) is 18.1 Å². The molecule has 0 bridgehead atoms. The molecule has 0 aromatic heterocycles. The van der Waals surface area contributed by atoms with Crippen molar-refractivity contribution < 1.29 is 18.0 Å². The Labute approximate surface area is 77.9 Å². The first-order valence-electron chi connectivity index (χ1n) is 4.51. The second kappa shape index (κ2) is 5.42. The van der Waals surface area contributed by atoms with Gasteiger partial charge < -0.3 is 0 Å². The molecule has 0 aliphatic heterocycles. The van der Waals surface area contributed by atoms with Gasteiger partial charge in [-0.3, -0.25) is 4.79 Å². The molecular formula is C8H15F3OSi. The summed E-state index contributed by atoms with van der Waals surface area (Å²) in [5.74, 6) is -1.56. The van der Waals surface area contributed by atoms with Crippen LogP contribution in [0.1, 0.15) is 20.3 Å². The van der Waals surface area contributed by atoms with Crippen molar-refractivity contribution in [2.24, 2.45) is 0 Å². The maximum Gasteiger partial charge on any atom is 0.449 e. The molecule has 0 heterocycles. The Morgan fingerprint density at radius 2 is 1.69 bits per heavy atom. The van der Waals surface area contributed by atoms with Crippen LogP contribution < -0.4 is 0 Å². The molecule has 0 aliphatic rings. The second-order valence-electron chi connectivity index (χ2n) is 3.14. The third kappa shape index (κ3) is 5.08. The lowest BCUT2D eigenvalue weighted by atomic mass is 10.3. The number of hydrogen-bond donors (Lipinski definition) is 0. The number of alkyl halides is 3. The third-order valence-corrected chi connectivity index (χ3v) is 5.67. The highest BCUT2D eigenvalue weighted by Gasteiger charge is 2.37. The van der Waals surface area contributed by atoms with Crippen LogP contribution in [0, 0.1) is 0 Å². The number of hydrogen-bond acceptors (Lipinski definition) is 1. The van der Waals surface area contributed by atoms with Crippen molar-refractivity contribution in [2.45, 2.75) is 44.6 Å². The van der Waals surface area contributed by atoms with E-state index in [1.165, 1.54) is 0 Å². The molecular weight excluding hydrogens is 197 g/mol. The summed E-state index contributed by atoms with van der Waals surface area (Å²) in [5.41, 5.74) is 0. The van der Waals surface area contributed by atoms with Gasteiger partial charge in [-0.2, -0.15) is 13.2 Å². The number of rotatable bonds is 5. The maximum absolute atomic E-state index is 11.8. The van der Waals surface area contributed by atoms with Crippen LogP contribution in [0.15, 0.2) is 0 Å². The summed E-state index contributed by atoms with van der Waals surface area (Å²) < 4.78 is 35.3. The van der Waals surface area contributed by atoms with E-state index in [0.29, 0.717) is 6.04 Å². The van der Waals surface area contributed by atoms with Gasteiger partial charge in [-0.15, -0.1) is 0 Å². The second-order valence-corrected chi connectivity index (χ2v) is 7.08. The fourth-order valence-electron chi connectivity index (χ4n) is 1.17. The van der Waals surface area contributed by atoms with E-state index < -0.39 is 20.8 Å². The van der Waals surface area contributed by atoms with Gasteiger partial charge in [0.25, 0.3) is 0 Å². The lowest BCUT2D eigenvalue weighted by Gasteiger charge is -2.10. The summed E-state index contributed by atoms with van der Waals surface area (Å²) >= 11 is 0. The monoisotopic (exact) mass is 212 g/mol. The molecule has 1 nitrogen and oxygen atoms in total. The van der Waals surface area contributed by atoms with Gasteiger partial charge in [-0.1, -0.05) is 32.0 Å². The minimum atomic E-state index is -4.62. The molecule has 0 radical (unpaired) electrons. The van der Waals surface area contributed by atoms with E-state index in [1.807, 2.05) is 13.8 Å². The molecule has 0 saturated heterocycles. The van der Waals surface area contributed by atoms with Crippen LogP contribution in [-0.2, 0) is 4.79 Å². The highest BCUT2D eigenvalue weighted by molar-refractivity contribution is 6.58. The van der Waals surface area contributed by atoms with Gasteiger partial charge in [-0.25, -0.2) is 0 Å². The first-order valence-corrected chi connectivity index (χ1v) is 6.96. The van der Waals surface area contributed by atoms with E-state index in [0.717, 1.165) is 12.1 Å². The first-order chi connectivity index (χ1) is 5.91. The van der Waals surface area contributed by atoms with Gasteiger partial charge in [-0.05, 0) is 0 Å². The van der Waals surface area contributed by atoms with Gasteiger partial charge in [0.1, 0.15) is 0 Å². The van der Waals surface area contributed by atoms with Crippen LogP contribution in [0.4, 0.5) is 13.2 Å². The van der Waals surface area contributed by atoms with Crippen LogP contribution in [0.25, 0.3) is 0 Å². The van der Waals surface area contributed by atoms with E-state index in [-0.39, 0.29) is 6.42 Å². The molecule has 0 N–H and O–H groups in total. The van der Waals surface area contributed by atoms with Gasteiger partial charge in [0.2, 0.25) is 5.78 Å². The number of Topliss-reactive ketones (excluding diaryl/α,β-unsaturated/α-hetero) is 1. The normalized spacial score (nSPS) is 12.2. The van der Waals surface area contributed by atoms with Crippen LogP contribution >= 0.6 is 0 Å². The Balaban J connectivity index is 3.82. The quantitative estimate of drug-likeness (QED) is 0.640. The highest BCUT2D eigenvalue weighted by atomic mass is 28.3. The molecule has 0 unspecified atom stereocenters. The number of ketones is 1. The molecule has 0 spiro atoms. The van der Waals surface area contributed by atoms with E-state index in [4.69, 9.17) is 0 Å². The topological polar surface area (TPSA) is 17.1 Å². The highest BCUT2D eigenvalue weighted by Crippen LogP contribution is 2.20. The minimum absolute atomic E-state index is 0.304. The first kappa shape index (κ1) is 12.7. The summed E-state index contributed by atoms with van der Waals surface area (Å²) in [6, 6.07) is 2.44. The lowest BCUT2D eigenvalue weighted by Crippen LogP contribution is -2.24. The zero-order valence-electron chi connectivity index (χ0n) is 7.95. The molecule has 0 fully saturated rings. The molecule has 5 heteroatoms. The summed E-state index contributed by atoms with van der Waals surface area (Å²) in [7, 11) is -1.04.